The fourth-order valence-electron chi connectivity index (χ4n) is 3.36. The second kappa shape index (κ2) is 8.53. The highest BCUT2D eigenvalue weighted by molar-refractivity contribution is 6.37. The summed E-state index contributed by atoms with van der Waals surface area (Å²) in [6.07, 6.45) is 4.82. The summed E-state index contributed by atoms with van der Waals surface area (Å²) < 4.78 is 0. The normalized spacial score (nSPS) is 14.5. The zero-order chi connectivity index (χ0) is 22.0. The summed E-state index contributed by atoms with van der Waals surface area (Å²) in [6, 6.07) is 15.3. The number of pyridine rings is 1. The van der Waals surface area contributed by atoms with E-state index in [2.05, 4.69) is 10.3 Å². The van der Waals surface area contributed by atoms with Crippen LogP contribution in [0.4, 0.5) is 5.69 Å². The van der Waals surface area contributed by atoms with E-state index in [4.69, 9.17) is 11.6 Å². The summed E-state index contributed by atoms with van der Waals surface area (Å²) in [5.41, 5.74) is 2.68. The Balaban J connectivity index is 1.63. The van der Waals surface area contributed by atoms with Gasteiger partial charge in [0.15, 0.2) is 0 Å². The molecule has 0 saturated heterocycles. The average Bonchev–Trinajstić information content (AvgIpc) is 2.79. The predicted octanol–water partition coefficient (Wildman–Crippen LogP) is 3.91. The van der Waals surface area contributed by atoms with Gasteiger partial charge < -0.3 is 10.2 Å². The Morgan fingerprint density at radius 3 is 2.61 bits per heavy atom. The number of carbonyl (C=O) groups excluding carboxylic acids is 3. The number of aromatic nitrogens is 1. The lowest BCUT2D eigenvalue weighted by Gasteiger charge is -2.27. The molecule has 0 atom stereocenters. The molecule has 6 nitrogen and oxygen atoms in total. The highest BCUT2D eigenvalue weighted by Gasteiger charge is 2.33. The van der Waals surface area contributed by atoms with Crippen molar-refractivity contribution in [1.82, 2.24) is 10.3 Å². The van der Waals surface area contributed by atoms with Gasteiger partial charge in [-0.15, -0.1) is 0 Å². The van der Waals surface area contributed by atoms with Crippen LogP contribution in [0.25, 0.3) is 6.08 Å². The van der Waals surface area contributed by atoms with Crippen LogP contribution in [0, 0.1) is 0 Å². The van der Waals surface area contributed by atoms with Crippen LogP contribution in [0.3, 0.4) is 0 Å². The molecule has 0 bridgehead atoms. The summed E-state index contributed by atoms with van der Waals surface area (Å²) in [6.45, 7) is 0.338. The van der Waals surface area contributed by atoms with Crippen molar-refractivity contribution >= 4 is 41.0 Å². The number of halogens is 1. The van der Waals surface area contributed by atoms with Gasteiger partial charge in [-0.25, -0.2) is 0 Å². The van der Waals surface area contributed by atoms with Gasteiger partial charge in [-0.2, -0.15) is 0 Å². The summed E-state index contributed by atoms with van der Waals surface area (Å²) in [7, 11) is 1.60. The Hall–Kier alpha value is -3.77. The molecule has 4 rings (SSSR count). The van der Waals surface area contributed by atoms with Gasteiger partial charge in [0.1, 0.15) is 0 Å². The van der Waals surface area contributed by atoms with E-state index in [-0.39, 0.29) is 11.5 Å². The maximum absolute atomic E-state index is 13.1. The fourth-order valence-corrected chi connectivity index (χ4v) is 3.56. The third-order valence-electron chi connectivity index (χ3n) is 5.01. The lowest BCUT2D eigenvalue weighted by Crippen LogP contribution is -2.37. The van der Waals surface area contributed by atoms with Crippen molar-refractivity contribution in [2.24, 2.45) is 0 Å². The van der Waals surface area contributed by atoms with Gasteiger partial charge in [-0.05, 0) is 59.7 Å². The Labute approximate surface area is 184 Å². The number of hydrogen-bond donors (Lipinski definition) is 1. The van der Waals surface area contributed by atoms with Gasteiger partial charge in [0.05, 0.1) is 11.3 Å². The number of hydrogen-bond acceptors (Lipinski definition) is 4. The molecule has 0 unspecified atom stereocenters. The van der Waals surface area contributed by atoms with E-state index in [1.54, 1.807) is 55.8 Å². The lowest BCUT2D eigenvalue weighted by atomic mass is 9.92. The zero-order valence-corrected chi connectivity index (χ0v) is 17.4. The number of benzene rings is 2. The summed E-state index contributed by atoms with van der Waals surface area (Å²) >= 11 is 6.02. The number of fused-ring (bicyclic) bond motifs is 1. The van der Waals surface area contributed by atoms with Crippen LogP contribution in [0.5, 0.6) is 0 Å². The molecule has 0 radical (unpaired) electrons. The number of carbonyl (C=O) groups is 3. The van der Waals surface area contributed by atoms with Crippen LogP contribution in [0.2, 0.25) is 5.02 Å². The van der Waals surface area contributed by atoms with Crippen LogP contribution < -0.4 is 10.2 Å². The first-order valence-corrected chi connectivity index (χ1v) is 9.93. The first-order chi connectivity index (χ1) is 14.9. The van der Waals surface area contributed by atoms with E-state index in [1.165, 1.54) is 17.0 Å². The monoisotopic (exact) mass is 431 g/mol. The third kappa shape index (κ3) is 4.25. The molecule has 1 aliphatic heterocycles. The largest absolute Gasteiger partial charge is 0.348 e. The molecule has 0 fully saturated rings. The molecule has 2 aromatic carbocycles. The number of likely N-dealkylation sites (N-methyl/N-ethyl adjacent to an activating group) is 1. The molecule has 1 aromatic heterocycles. The van der Waals surface area contributed by atoms with Crippen LogP contribution in [0.15, 0.2) is 72.6 Å². The molecule has 31 heavy (non-hydrogen) atoms. The van der Waals surface area contributed by atoms with Crippen molar-refractivity contribution in [3.05, 3.63) is 99.8 Å². The van der Waals surface area contributed by atoms with E-state index in [0.29, 0.717) is 33.9 Å². The van der Waals surface area contributed by atoms with Gasteiger partial charge in [-0.1, -0.05) is 23.7 Å². The van der Waals surface area contributed by atoms with Crippen molar-refractivity contribution < 1.29 is 14.4 Å². The van der Waals surface area contributed by atoms with E-state index in [1.807, 2.05) is 12.1 Å². The number of anilines is 1. The second-order valence-electron chi connectivity index (χ2n) is 7.08. The first kappa shape index (κ1) is 20.5. The number of amides is 2. The molecule has 0 spiro atoms. The molecule has 7 heteroatoms. The van der Waals surface area contributed by atoms with Crippen molar-refractivity contribution in [2.45, 2.75) is 6.54 Å². The highest BCUT2D eigenvalue weighted by atomic mass is 35.5. The number of ketones is 1. The Morgan fingerprint density at radius 1 is 1.10 bits per heavy atom. The predicted molar refractivity (Wildman–Crippen MR) is 119 cm³/mol. The number of Topliss-reactive ketones (excluding diaryl/α,β-unsaturated/α-hetero) is 1. The minimum Gasteiger partial charge on any atom is -0.348 e. The molecule has 154 valence electrons. The van der Waals surface area contributed by atoms with Crippen molar-refractivity contribution in [3.63, 3.8) is 0 Å². The van der Waals surface area contributed by atoms with Crippen molar-refractivity contribution in [1.29, 1.82) is 0 Å². The van der Waals surface area contributed by atoms with Crippen LogP contribution in [0.1, 0.15) is 31.8 Å². The maximum atomic E-state index is 13.1. The van der Waals surface area contributed by atoms with Gasteiger partial charge in [0, 0.05) is 42.1 Å². The smallest absolute Gasteiger partial charge is 0.262 e. The Kier molecular flexibility index (Phi) is 5.64. The summed E-state index contributed by atoms with van der Waals surface area (Å²) in [4.78, 5) is 43.9. The summed E-state index contributed by atoms with van der Waals surface area (Å²) in [5, 5.41) is 3.33. The molecule has 1 N–H and O–H groups in total. The van der Waals surface area contributed by atoms with E-state index in [9.17, 15) is 14.4 Å². The topological polar surface area (TPSA) is 79.4 Å². The van der Waals surface area contributed by atoms with Crippen molar-refractivity contribution in [2.75, 3.05) is 11.9 Å². The van der Waals surface area contributed by atoms with E-state index in [0.717, 1.165) is 5.56 Å². The molecule has 0 saturated carbocycles. The van der Waals surface area contributed by atoms with Crippen LogP contribution in [-0.4, -0.2) is 29.6 Å². The molecule has 1 aliphatic rings. The average molecular weight is 432 g/mol. The second-order valence-corrected chi connectivity index (χ2v) is 7.51. The van der Waals surface area contributed by atoms with Gasteiger partial charge >= 0.3 is 0 Å². The van der Waals surface area contributed by atoms with Gasteiger partial charge in [0.25, 0.3) is 11.8 Å². The van der Waals surface area contributed by atoms with Gasteiger partial charge in [-0.3, -0.25) is 19.4 Å². The van der Waals surface area contributed by atoms with E-state index >= 15 is 0 Å². The van der Waals surface area contributed by atoms with Crippen LogP contribution in [-0.2, 0) is 11.3 Å². The minimum atomic E-state index is -0.429. The van der Waals surface area contributed by atoms with Gasteiger partial charge in [0.2, 0.25) is 5.78 Å². The molecule has 2 amide bonds. The Morgan fingerprint density at radius 2 is 1.87 bits per heavy atom. The molecule has 2 heterocycles. The maximum Gasteiger partial charge on any atom is 0.262 e. The molecule has 0 aliphatic carbocycles. The quantitative estimate of drug-likeness (QED) is 0.501. The van der Waals surface area contributed by atoms with Crippen LogP contribution >= 0.6 is 11.6 Å². The molecular weight excluding hydrogens is 414 g/mol. The zero-order valence-electron chi connectivity index (χ0n) is 16.6. The minimum absolute atomic E-state index is 0.0200. The molecule has 3 aromatic rings. The van der Waals surface area contributed by atoms with E-state index < -0.39 is 11.7 Å². The SMILES string of the molecule is CN1C(=O)/C(=C\c2cccc(Cl)c2)C(=O)c2cc(C(=O)NCc3ccncc3)ccc21. The van der Waals surface area contributed by atoms with Crippen molar-refractivity contribution in [3.8, 4) is 0 Å². The number of rotatable bonds is 4. The summed E-state index contributed by atoms with van der Waals surface area (Å²) in [5.74, 6) is -1.15. The fraction of sp³-hybridized carbons (Fsp3) is 0.0833. The lowest BCUT2D eigenvalue weighted by molar-refractivity contribution is -0.114. The highest BCUT2D eigenvalue weighted by Crippen LogP contribution is 2.31. The number of nitrogens with one attached hydrogen (secondary N) is 1. The first-order valence-electron chi connectivity index (χ1n) is 9.55. The Bertz CT molecular complexity index is 1220. The molecular formula is C24H18ClN3O3. The number of nitrogens with zero attached hydrogens (tertiary/aromatic N) is 2. The standard InChI is InChI=1S/C24H18ClN3O3/c1-28-21-6-5-17(23(30)27-14-15-7-9-26-10-8-15)13-19(21)22(29)20(24(28)31)12-16-3-2-4-18(25)11-16/h2-13H,14H2,1H3,(H,27,30)/b20-12-. The third-order valence-corrected chi connectivity index (χ3v) is 5.24.